The van der Waals surface area contributed by atoms with E-state index < -0.39 is 11.2 Å². The highest BCUT2D eigenvalue weighted by molar-refractivity contribution is 9.10. The molecule has 0 atom stereocenters. The summed E-state index contributed by atoms with van der Waals surface area (Å²) in [4.78, 5) is 25.8. The van der Waals surface area contributed by atoms with Crippen LogP contribution in [-0.2, 0) is 0 Å². The molecule has 94 valence electrons. The van der Waals surface area contributed by atoms with Crippen LogP contribution in [0.4, 0.5) is 0 Å². The van der Waals surface area contributed by atoms with Gasteiger partial charge in [0.15, 0.2) is 0 Å². The Hall–Kier alpha value is -0.750. The third-order valence-corrected chi connectivity index (χ3v) is 3.34. The zero-order valence-corrected chi connectivity index (χ0v) is 12.4. The minimum atomic E-state index is -0.710. The molecule has 1 N–H and O–H groups in total. The van der Waals surface area contributed by atoms with Crippen LogP contribution in [0.5, 0.6) is 0 Å². The Bertz CT molecular complexity index is 684. The molecule has 1 heterocycles. The molecule has 0 radical (unpaired) electrons. The molecule has 0 saturated carbocycles. The van der Waals surface area contributed by atoms with Gasteiger partial charge in [0, 0.05) is 10.5 Å². The van der Waals surface area contributed by atoms with Crippen LogP contribution in [0.1, 0.15) is 0 Å². The van der Waals surface area contributed by atoms with Gasteiger partial charge in [0.2, 0.25) is 0 Å². The van der Waals surface area contributed by atoms with Crippen LogP contribution in [0, 0.1) is 0 Å². The molecule has 0 unspecified atom stereocenters. The first-order valence-corrected chi connectivity index (χ1v) is 6.49. The molecule has 18 heavy (non-hydrogen) atoms. The second-order valence-electron chi connectivity index (χ2n) is 3.31. The maximum Gasteiger partial charge on any atom is 0.334 e. The van der Waals surface area contributed by atoms with E-state index in [9.17, 15) is 9.59 Å². The van der Waals surface area contributed by atoms with Gasteiger partial charge < -0.3 is 0 Å². The predicted molar refractivity (Wildman–Crippen MR) is 75.4 cm³/mol. The summed E-state index contributed by atoms with van der Waals surface area (Å²) in [7, 11) is 0. The van der Waals surface area contributed by atoms with Crippen molar-refractivity contribution in [2.75, 3.05) is 0 Å². The Morgan fingerprint density at radius 1 is 1.06 bits per heavy atom. The minimum absolute atomic E-state index is 0.0504. The Balaban J connectivity index is 2.87. The number of rotatable bonds is 1. The molecule has 1 aromatic carbocycles. The van der Waals surface area contributed by atoms with Gasteiger partial charge in [-0.1, -0.05) is 50.7 Å². The second-order valence-corrected chi connectivity index (χ2v) is 5.45. The summed E-state index contributed by atoms with van der Waals surface area (Å²) in [5.41, 5.74) is -1.21. The molecule has 0 amide bonds. The van der Waals surface area contributed by atoms with Crippen LogP contribution in [0.25, 0.3) is 5.69 Å². The summed E-state index contributed by atoms with van der Waals surface area (Å²) < 4.78 is 1.46. The van der Waals surface area contributed by atoms with E-state index >= 15 is 0 Å². The molecule has 0 aliphatic carbocycles. The average molecular weight is 370 g/mol. The topological polar surface area (TPSA) is 54.9 Å². The van der Waals surface area contributed by atoms with Gasteiger partial charge in [-0.3, -0.25) is 9.78 Å². The van der Waals surface area contributed by atoms with Gasteiger partial charge in [-0.05, 0) is 12.1 Å². The van der Waals surface area contributed by atoms with E-state index in [0.717, 1.165) is 10.6 Å². The number of nitrogens with zero attached hydrogens (tertiary/aromatic N) is 1. The smallest absolute Gasteiger partial charge is 0.297 e. The number of hydrogen-bond donors (Lipinski definition) is 1. The quantitative estimate of drug-likeness (QED) is 0.784. The SMILES string of the molecule is O=c1cc(Cl)[nH]c(=O)n1-c1c(Cl)cc(Br)cc1Cl. The zero-order valence-electron chi connectivity index (χ0n) is 8.51. The number of aromatic nitrogens is 2. The van der Waals surface area contributed by atoms with Crippen LogP contribution in [0.15, 0.2) is 32.3 Å². The monoisotopic (exact) mass is 368 g/mol. The van der Waals surface area contributed by atoms with E-state index in [1.54, 1.807) is 0 Å². The van der Waals surface area contributed by atoms with E-state index in [1.807, 2.05) is 0 Å². The van der Waals surface area contributed by atoms with Crippen molar-refractivity contribution in [3.63, 3.8) is 0 Å². The largest absolute Gasteiger partial charge is 0.334 e. The summed E-state index contributed by atoms with van der Waals surface area (Å²) in [6, 6.07) is 4.13. The number of H-pyrrole nitrogens is 1. The summed E-state index contributed by atoms with van der Waals surface area (Å²) in [6.07, 6.45) is 0. The van der Waals surface area contributed by atoms with Crippen molar-refractivity contribution in [1.82, 2.24) is 9.55 Å². The second kappa shape index (κ2) is 5.09. The van der Waals surface area contributed by atoms with Crippen LogP contribution in [-0.4, -0.2) is 9.55 Å². The van der Waals surface area contributed by atoms with Crippen molar-refractivity contribution in [2.24, 2.45) is 0 Å². The molecule has 0 fully saturated rings. The lowest BCUT2D eigenvalue weighted by Gasteiger charge is -2.09. The molecular weight excluding hydrogens is 366 g/mol. The molecule has 0 bridgehead atoms. The Kier molecular flexibility index (Phi) is 3.87. The van der Waals surface area contributed by atoms with Gasteiger partial charge in [0.05, 0.1) is 15.7 Å². The standard InChI is InChI=1S/C10H4BrCl3N2O2/c11-4-1-5(12)9(6(13)2-4)16-8(17)3-7(14)15-10(16)18/h1-3H,(H,15,18). The van der Waals surface area contributed by atoms with Crippen LogP contribution in [0.3, 0.4) is 0 Å². The molecule has 8 heteroatoms. The Morgan fingerprint density at radius 2 is 1.61 bits per heavy atom. The number of hydrogen-bond acceptors (Lipinski definition) is 2. The van der Waals surface area contributed by atoms with Gasteiger partial charge in [-0.2, -0.15) is 0 Å². The highest BCUT2D eigenvalue weighted by Crippen LogP contribution is 2.30. The first-order chi connectivity index (χ1) is 8.40. The number of nitrogens with one attached hydrogen (secondary N) is 1. The highest BCUT2D eigenvalue weighted by Gasteiger charge is 2.14. The third kappa shape index (κ3) is 2.49. The van der Waals surface area contributed by atoms with Gasteiger partial charge in [-0.15, -0.1) is 0 Å². The van der Waals surface area contributed by atoms with Crippen LogP contribution >= 0.6 is 50.7 Å². The number of benzene rings is 1. The zero-order chi connectivity index (χ0) is 13.4. The molecule has 2 aromatic rings. The number of aromatic amines is 1. The van der Waals surface area contributed by atoms with Crippen molar-refractivity contribution in [3.8, 4) is 5.69 Å². The van der Waals surface area contributed by atoms with Crippen LogP contribution < -0.4 is 11.2 Å². The summed E-state index contributed by atoms with van der Waals surface area (Å²) in [5.74, 6) is 0. The fourth-order valence-electron chi connectivity index (χ4n) is 1.43. The molecule has 0 saturated heterocycles. The highest BCUT2D eigenvalue weighted by atomic mass is 79.9. The number of halogens is 4. The maximum absolute atomic E-state index is 11.8. The lowest BCUT2D eigenvalue weighted by Crippen LogP contribution is -2.33. The molecular formula is C10H4BrCl3N2O2. The fraction of sp³-hybridized carbons (Fsp3) is 0. The normalized spacial score (nSPS) is 10.7. The molecule has 0 aliphatic heterocycles. The maximum atomic E-state index is 11.8. The predicted octanol–water partition coefficient (Wildman–Crippen LogP) is 3.25. The Morgan fingerprint density at radius 3 is 2.11 bits per heavy atom. The van der Waals surface area contributed by atoms with Crippen molar-refractivity contribution in [1.29, 1.82) is 0 Å². The summed E-state index contributed by atoms with van der Waals surface area (Å²) in [5, 5.41) is 0.291. The molecule has 4 nitrogen and oxygen atoms in total. The van der Waals surface area contributed by atoms with Crippen molar-refractivity contribution < 1.29 is 0 Å². The van der Waals surface area contributed by atoms with E-state index in [4.69, 9.17) is 34.8 Å². The minimum Gasteiger partial charge on any atom is -0.297 e. The molecule has 2 rings (SSSR count). The van der Waals surface area contributed by atoms with E-state index in [-0.39, 0.29) is 20.9 Å². The molecule has 0 spiro atoms. The Labute approximate surface area is 124 Å². The van der Waals surface area contributed by atoms with Gasteiger partial charge in [0.1, 0.15) is 5.15 Å². The van der Waals surface area contributed by atoms with Crippen LogP contribution in [0.2, 0.25) is 15.2 Å². The van der Waals surface area contributed by atoms with E-state index in [2.05, 4.69) is 20.9 Å². The third-order valence-electron chi connectivity index (χ3n) is 2.11. The molecule has 0 aliphatic rings. The summed E-state index contributed by atoms with van der Waals surface area (Å²) >= 11 is 20.8. The summed E-state index contributed by atoms with van der Waals surface area (Å²) in [6.45, 7) is 0. The van der Waals surface area contributed by atoms with E-state index in [0.29, 0.717) is 4.47 Å². The lowest BCUT2D eigenvalue weighted by atomic mass is 10.3. The van der Waals surface area contributed by atoms with E-state index in [1.165, 1.54) is 12.1 Å². The average Bonchev–Trinajstić information content (AvgIpc) is 2.20. The van der Waals surface area contributed by atoms with Crippen molar-refractivity contribution in [3.05, 3.63) is 58.7 Å². The van der Waals surface area contributed by atoms with Crippen molar-refractivity contribution in [2.45, 2.75) is 0 Å². The van der Waals surface area contributed by atoms with Gasteiger partial charge >= 0.3 is 5.69 Å². The lowest BCUT2D eigenvalue weighted by molar-refractivity contribution is 0.876. The molecule has 1 aromatic heterocycles. The first kappa shape index (κ1) is 13.7. The van der Waals surface area contributed by atoms with Gasteiger partial charge in [0.25, 0.3) is 5.56 Å². The van der Waals surface area contributed by atoms with Gasteiger partial charge in [-0.25, -0.2) is 9.36 Å². The first-order valence-electron chi connectivity index (χ1n) is 4.57. The van der Waals surface area contributed by atoms with Crippen molar-refractivity contribution >= 4 is 50.7 Å². The fourth-order valence-corrected chi connectivity index (χ4v) is 2.98.